The van der Waals surface area contributed by atoms with Crippen molar-refractivity contribution in [2.75, 3.05) is 11.6 Å². The van der Waals surface area contributed by atoms with E-state index in [2.05, 4.69) is 5.32 Å². The number of nitrogens with one attached hydrogen (secondary N) is 1. The number of carbonyl (C=O) groups excluding carboxylic acids is 1. The molecule has 1 N–H and O–H groups in total. The van der Waals surface area contributed by atoms with Gasteiger partial charge in [-0.25, -0.2) is 8.42 Å². The first-order valence-electron chi connectivity index (χ1n) is 6.18. The fraction of sp³-hybridized carbons (Fsp3) is 0.214. The van der Waals surface area contributed by atoms with Crippen molar-refractivity contribution in [1.29, 1.82) is 0 Å². The van der Waals surface area contributed by atoms with Crippen LogP contribution in [0.3, 0.4) is 0 Å². The Hall–Kier alpha value is -1.37. The second kappa shape index (κ2) is 6.60. The molecule has 0 unspecified atom stereocenters. The minimum Gasteiger partial charge on any atom is -0.326 e. The molecule has 1 aromatic heterocycles. The molecule has 0 aliphatic carbocycles. The van der Waals surface area contributed by atoms with Gasteiger partial charge in [0.2, 0.25) is 5.91 Å². The number of benzene rings is 1. The van der Waals surface area contributed by atoms with Gasteiger partial charge in [0.05, 0.1) is 9.92 Å². The number of sulfone groups is 1. The van der Waals surface area contributed by atoms with Crippen molar-refractivity contribution in [3.8, 4) is 0 Å². The average molecular weight is 344 g/mol. The predicted octanol–water partition coefficient (Wildman–Crippen LogP) is 3.38. The van der Waals surface area contributed by atoms with Gasteiger partial charge in [0.25, 0.3) is 0 Å². The topological polar surface area (TPSA) is 63.2 Å². The number of rotatable bonds is 5. The molecular formula is C14H14ClNO3S2. The summed E-state index contributed by atoms with van der Waals surface area (Å²) in [5.41, 5.74) is 0.489. The fourth-order valence-electron chi connectivity index (χ4n) is 1.79. The quantitative estimate of drug-likeness (QED) is 0.905. The highest BCUT2D eigenvalue weighted by Crippen LogP contribution is 2.25. The maximum Gasteiger partial charge on any atom is 0.224 e. The van der Waals surface area contributed by atoms with Crippen molar-refractivity contribution in [2.24, 2.45) is 0 Å². The first-order valence-corrected chi connectivity index (χ1v) is 9.33. The van der Waals surface area contributed by atoms with E-state index in [1.165, 1.54) is 18.2 Å². The maximum atomic E-state index is 11.8. The van der Waals surface area contributed by atoms with E-state index in [-0.39, 0.29) is 15.8 Å². The van der Waals surface area contributed by atoms with Gasteiger partial charge in [-0.05, 0) is 36.1 Å². The molecule has 0 fully saturated rings. The van der Waals surface area contributed by atoms with Gasteiger partial charge in [-0.15, -0.1) is 11.3 Å². The van der Waals surface area contributed by atoms with Crippen LogP contribution in [0.4, 0.5) is 5.69 Å². The first kappa shape index (κ1) is 16.0. The number of amides is 1. The highest BCUT2D eigenvalue weighted by atomic mass is 35.5. The lowest BCUT2D eigenvalue weighted by Gasteiger charge is -2.07. The molecule has 0 aliphatic rings. The first-order chi connectivity index (χ1) is 9.86. The molecule has 4 nitrogen and oxygen atoms in total. The Balaban J connectivity index is 2.00. The molecule has 21 heavy (non-hydrogen) atoms. The zero-order chi connectivity index (χ0) is 15.5. The van der Waals surface area contributed by atoms with Crippen LogP contribution in [0, 0.1) is 0 Å². The van der Waals surface area contributed by atoms with Gasteiger partial charge in [-0.3, -0.25) is 4.79 Å². The Kier molecular flexibility index (Phi) is 5.03. The molecule has 0 bridgehead atoms. The standard InChI is InChI=1S/C14H14ClNO3S2/c1-21(18,19)13-6-4-10(9-12(13)15)16-14(17)7-5-11-3-2-8-20-11/h2-4,6,8-9H,5,7H2,1H3,(H,16,17). The third-order valence-corrected chi connectivity index (χ3v) is 5.31. The monoisotopic (exact) mass is 343 g/mol. The van der Waals surface area contributed by atoms with Gasteiger partial charge in [-0.1, -0.05) is 17.7 Å². The van der Waals surface area contributed by atoms with Crippen molar-refractivity contribution in [1.82, 2.24) is 0 Å². The molecule has 1 aromatic carbocycles. The van der Waals surface area contributed by atoms with E-state index in [1.807, 2.05) is 17.5 Å². The van der Waals surface area contributed by atoms with Gasteiger partial charge in [0, 0.05) is 23.2 Å². The minimum atomic E-state index is -3.36. The third-order valence-electron chi connectivity index (χ3n) is 2.79. The Bertz CT molecular complexity index is 740. The van der Waals surface area contributed by atoms with Crippen molar-refractivity contribution < 1.29 is 13.2 Å². The van der Waals surface area contributed by atoms with Gasteiger partial charge in [0.15, 0.2) is 9.84 Å². The minimum absolute atomic E-state index is 0.0563. The summed E-state index contributed by atoms with van der Waals surface area (Å²) in [5.74, 6) is -0.133. The van der Waals surface area contributed by atoms with E-state index in [4.69, 9.17) is 11.6 Å². The van der Waals surface area contributed by atoms with E-state index in [9.17, 15) is 13.2 Å². The van der Waals surface area contributed by atoms with Crippen LogP contribution in [0.5, 0.6) is 0 Å². The number of hydrogen-bond acceptors (Lipinski definition) is 4. The summed E-state index contributed by atoms with van der Waals surface area (Å²) in [4.78, 5) is 13.0. The fourth-order valence-corrected chi connectivity index (χ4v) is 3.83. The zero-order valence-corrected chi connectivity index (χ0v) is 13.7. The number of thiophene rings is 1. The molecule has 1 heterocycles. The number of hydrogen-bond donors (Lipinski definition) is 1. The molecule has 7 heteroatoms. The largest absolute Gasteiger partial charge is 0.326 e. The lowest BCUT2D eigenvalue weighted by molar-refractivity contribution is -0.116. The van der Waals surface area contributed by atoms with Crippen LogP contribution in [0.2, 0.25) is 5.02 Å². The number of carbonyl (C=O) groups is 1. The summed E-state index contributed by atoms with van der Waals surface area (Å²) in [7, 11) is -3.36. The van der Waals surface area contributed by atoms with E-state index < -0.39 is 9.84 Å². The van der Waals surface area contributed by atoms with Gasteiger partial charge >= 0.3 is 0 Å². The smallest absolute Gasteiger partial charge is 0.224 e. The van der Waals surface area contributed by atoms with E-state index in [0.717, 1.165) is 11.1 Å². The van der Waals surface area contributed by atoms with Crippen LogP contribution < -0.4 is 5.32 Å². The van der Waals surface area contributed by atoms with Crippen LogP contribution in [0.25, 0.3) is 0 Å². The number of halogens is 1. The molecule has 0 spiro atoms. The predicted molar refractivity (Wildman–Crippen MR) is 85.8 cm³/mol. The highest BCUT2D eigenvalue weighted by molar-refractivity contribution is 7.90. The molecule has 0 radical (unpaired) electrons. The van der Waals surface area contributed by atoms with Crippen molar-refractivity contribution in [2.45, 2.75) is 17.7 Å². The molecule has 112 valence electrons. The third kappa shape index (κ3) is 4.56. The van der Waals surface area contributed by atoms with E-state index >= 15 is 0 Å². The maximum absolute atomic E-state index is 11.8. The summed E-state index contributed by atoms with van der Waals surface area (Å²) in [6, 6.07) is 8.30. The molecule has 1 amide bonds. The molecule has 0 saturated carbocycles. The van der Waals surface area contributed by atoms with Crippen molar-refractivity contribution >= 4 is 44.4 Å². The number of anilines is 1. The Morgan fingerprint density at radius 1 is 1.33 bits per heavy atom. The van der Waals surface area contributed by atoms with Crippen LogP contribution >= 0.6 is 22.9 Å². The van der Waals surface area contributed by atoms with E-state index in [0.29, 0.717) is 18.5 Å². The zero-order valence-electron chi connectivity index (χ0n) is 11.3. The SMILES string of the molecule is CS(=O)(=O)c1ccc(NC(=O)CCc2cccs2)cc1Cl. The van der Waals surface area contributed by atoms with Crippen LogP contribution in [-0.4, -0.2) is 20.6 Å². The van der Waals surface area contributed by atoms with Crippen molar-refractivity contribution in [3.05, 3.63) is 45.6 Å². The van der Waals surface area contributed by atoms with Crippen LogP contribution in [-0.2, 0) is 21.1 Å². The molecular weight excluding hydrogens is 330 g/mol. The molecule has 0 atom stereocenters. The lowest BCUT2D eigenvalue weighted by atomic mass is 10.2. The summed E-state index contributed by atoms with van der Waals surface area (Å²) in [5, 5.41) is 4.78. The molecule has 2 aromatic rings. The van der Waals surface area contributed by atoms with Gasteiger partial charge < -0.3 is 5.32 Å². The Labute approximate surface area is 132 Å². The summed E-state index contributed by atoms with van der Waals surface area (Å²) in [6.45, 7) is 0. The summed E-state index contributed by atoms with van der Waals surface area (Å²) >= 11 is 7.54. The van der Waals surface area contributed by atoms with E-state index in [1.54, 1.807) is 11.3 Å². The second-order valence-corrected chi connectivity index (χ2v) is 7.97. The molecule has 0 aliphatic heterocycles. The second-order valence-electron chi connectivity index (χ2n) is 4.54. The lowest BCUT2D eigenvalue weighted by Crippen LogP contribution is -2.12. The molecule has 0 saturated heterocycles. The molecule has 2 rings (SSSR count). The highest BCUT2D eigenvalue weighted by Gasteiger charge is 2.13. The summed E-state index contributed by atoms with van der Waals surface area (Å²) < 4.78 is 22.9. The van der Waals surface area contributed by atoms with Crippen molar-refractivity contribution in [3.63, 3.8) is 0 Å². The van der Waals surface area contributed by atoms with Gasteiger partial charge in [-0.2, -0.15) is 0 Å². The normalized spacial score (nSPS) is 11.3. The number of aryl methyl sites for hydroxylation is 1. The van der Waals surface area contributed by atoms with Crippen LogP contribution in [0.1, 0.15) is 11.3 Å². The van der Waals surface area contributed by atoms with Crippen LogP contribution in [0.15, 0.2) is 40.6 Å². The Morgan fingerprint density at radius 3 is 2.67 bits per heavy atom. The average Bonchev–Trinajstić information content (AvgIpc) is 2.88. The Morgan fingerprint density at radius 2 is 2.10 bits per heavy atom. The van der Waals surface area contributed by atoms with Gasteiger partial charge in [0.1, 0.15) is 0 Å². The summed E-state index contributed by atoms with van der Waals surface area (Å²) in [6.07, 6.45) is 2.14.